The van der Waals surface area contributed by atoms with Crippen molar-refractivity contribution in [2.24, 2.45) is 5.92 Å². The number of piperazine rings is 1. The SMILES string of the molecule is CC(C)(C)N(C(=O)O)c1cnnc(-c2cc(C#N)c(N3CCN(C(=O)CCO)C(C4CC4)C3)nc2C2CC2)c1. The van der Waals surface area contributed by atoms with E-state index in [1.54, 1.807) is 12.1 Å². The van der Waals surface area contributed by atoms with Crippen LogP contribution in [0.2, 0.25) is 0 Å². The fourth-order valence-electron chi connectivity index (χ4n) is 5.54. The molecular weight excluding hydrogens is 498 g/mol. The van der Waals surface area contributed by atoms with Crippen LogP contribution in [-0.2, 0) is 4.79 Å². The Hall–Kier alpha value is -3.78. The maximum atomic E-state index is 12.7. The summed E-state index contributed by atoms with van der Waals surface area (Å²) in [5, 5.41) is 37.7. The first-order valence-corrected chi connectivity index (χ1v) is 13.6. The largest absolute Gasteiger partial charge is 0.465 e. The van der Waals surface area contributed by atoms with Crippen LogP contribution >= 0.6 is 0 Å². The van der Waals surface area contributed by atoms with Crippen LogP contribution in [0.3, 0.4) is 0 Å². The van der Waals surface area contributed by atoms with E-state index < -0.39 is 11.6 Å². The number of hydrogen-bond donors (Lipinski definition) is 2. The molecule has 2 aromatic rings. The summed E-state index contributed by atoms with van der Waals surface area (Å²) in [6, 6.07) is 5.86. The highest BCUT2D eigenvalue weighted by Crippen LogP contribution is 2.45. The molecule has 1 aliphatic heterocycles. The van der Waals surface area contributed by atoms with Crippen molar-refractivity contribution in [2.75, 3.05) is 36.0 Å². The highest BCUT2D eigenvalue weighted by Gasteiger charge is 2.42. The maximum absolute atomic E-state index is 12.7. The molecular formula is C28H35N7O4. The van der Waals surface area contributed by atoms with Gasteiger partial charge in [0.15, 0.2) is 0 Å². The fraction of sp³-hybridized carbons (Fsp3) is 0.571. The van der Waals surface area contributed by atoms with Crippen molar-refractivity contribution in [3.05, 3.63) is 29.6 Å². The molecule has 2 N–H and O–H groups in total. The van der Waals surface area contributed by atoms with E-state index in [1.807, 2.05) is 25.7 Å². The Labute approximate surface area is 228 Å². The molecule has 39 heavy (non-hydrogen) atoms. The Morgan fingerprint density at radius 1 is 1.18 bits per heavy atom. The van der Waals surface area contributed by atoms with Crippen molar-refractivity contribution in [1.82, 2.24) is 20.1 Å². The zero-order valence-corrected chi connectivity index (χ0v) is 22.7. The number of carboxylic acid groups (broad SMARTS) is 1. The van der Waals surface area contributed by atoms with Crippen molar-refractivity contribution in [1.29, 1.82) is 5.26 Å². The third-order valence-electron chi connectivity index (χ3n) is 7.68. The van der Waals surface area contributed by atoms with E-state index in [1.165, 1.54) is 11.1 Å². The molecule has 3 heterocycles. The number of anilines is 2. The summed E-state index contributed by atoms with van der Waals surface area (Å²) in [5.74, 6) is 1.26. The normalized spacial score (nSPS) is 19.5. The second-order valence-electron chi connectivity index (χ2n) is 11.7. The molecule has 2 aliphatic carbocycles. The second kappa shape index (κ2) is 10.4. The van der Waals surface area contributed by atoms with Gasteiger partial charge in [0.25, 0.3) is 0 Å². The number of aliphatic hydroxyl groups is 1. The Morgan fingerprint density at radius 3 is 2.51 bits per heavy atom. The Bertz CT molecular complexity index is 1310. The molecule has 1 unspecified atom stereocenters. The van der Waals surface area contributed by atoms with Gasteiger partial charge in [-0.15, -0.1) is 0 Å². The van der Waals surface area contributed by atoms with Crippen LogP contribution in [0.25, 0.3) is 11.3 Å². The van der Waals surface area contributed by atoms with Gasteiger partial charge in [0.05, 0.1) is 41.5 Å². The lowest BCUT2D eigenvalue weighted by atomic mass is 10.0. The molecule has 1 atom stereocenters. The predicted molar refractivity (Wildman–Crippen MR) is 144 cm³/mol. The third kappa shape index (κ3) is 5.52. The van der Waals surface area contributed by atoms with Gasteiger partial charge < -0.3 is 20.0 Å². The average molecular weight is 534 g/mol. The molecule has 11 heteroatoms. The molecule has 2 amide bonds. The minimum Gasteiger partial charge on any atom is -0.465 e. The van der Waals surface area contributed by atoms with Gasteiger partial charge in [0, 0.05) is 43.1 Å². The summed E-state index contributed by atoms with van der Waals surface area (Å²) in [6.45, 7) is 6.96. The van der Waals surface area contributed by atoms with Crippen LogP contribution in [0.15, 0.2) is 18.3 Å². The topological polar surface area (TPSA) is 147 Å². The van der Waals surface area contributed by atoms with Gasteiger partial charge >= 0.3 is 6.09 Å². The van der Waals surface area contributed by atoms with E-state index in [0.717, 1.165) is 31.4 Å². The van der Waals surface area contributed by atoms with E-state index in [4.69, 9.17) is 4.98 Å². The molecule has 11 nitrogen and oxygen atoms in total. The maximum Gasteiger partial charge on any atom is 0.412 e. The van der Waals surface area contributed by atoms with E-state index in [9.17, 15) is 25.1 Å². The van der Waals surface area contributed by atoms with Gasteiger partial charge in [-0.2, -0.15) is 15.5 Å². The molecule has 206 valence electrons. The van der Waals surface area contributed by atoms with Crippen LogP contribution in [0, 0.1) is 17.2 Å². The van der Waals surface area contributed by atoms with Crippen molar-refractivity contribution in [3.63, 3.8) is 0 Å². The molecule has 1 saturated heterocycles. The summed E-state index contributed by atoms with van der Waals surface area (Å²) >= 11 is 0. The summed E-state index contributed by atoms with van der Waals surface area (Å²) in [6.07, 6.45) is 4.58. The van der Waals surface area contributed by atoms with Gasteiger partial charge in [0.1, 0.15) is 11.9 Å². The van der Waals surface area contributed by atoms with Crippen molar-refractivity contribution in [3.8, 4) is 17.3 Å². The van der Waals surface area contributed by atoms with Gasteiger partial charge in [-0.25, -0.2) is 9.78 Å². The second-order valence-corrected chi connectivity index (χ2v) is 11.7. The van der Waals surface area contributed by atoms with Crippen molar-refractivity contribution in [2.45, 2.75) is 70.4 Å². The number of nitrogens with zero attached hydrogens (tertiary/aromatic N) is 7. The predicted octanol–water partition coefficient (Wildman–Crippen LogP) is 3.38. The molecule has 3 aliphatic rings. The highest BCUT2D eigenvalue weighted by atomic mass is 16.4. The average Bonchev–Trinajstić information content (AvgIpc) is 3.81. The lowest BCUT2D eigenvalue weighted by Gasteiger charge is -2.42. The van der Waals surface area contributed by atoms with Gasteiger partial charge in [0.2, 0.25) is 5.91 Å². The van der Waals surface area contributed by atoms with Crippen LogP contribution in [0.4, 0.5) is 16.3 Å². The first-order valence-electron chi connectivity index (χ1n) is 13.6. The lowest BCUT2D eigenvalue weighted by Crippen LogP contribution is -2.56. The van der Waals surface area contributed by atoms with Gasteiger partial charge in [-0.1, -0.05) is 0 Å². The third-order valence-corrected chi connectivity index (χ3v) is 7.68. The lowest BCUT2D eigenvalue weighted by molar-refractivity contribution is -0.135. The molecule has 2 aromatic heterocycles. The Kier molecular flexibility index (Phi) is 7.16. The monoisotopic (exact) mass is 533 g/mol. The molecule has 3 fully saturated rings. The number of carbonyl (C=O) groups is 2. The van der Waals surface area contributed by atoms with Crippen LogP contribution in [0.5, 0.6) is 0 Å². The number of pyridine rings is 1. The summed E-state index contributed by atoms with van der Waals surface area (Å²) in [4.78, 5) is 35.0. The molecule has 5 rings (SSSR count). The molecule has 0 spiro atoms. The van der Waals surface area contributed by atoms with E-state index >= 15 is 0 Å². The Morgan fingerprint density at radius 2 is 1.92 bits per heavy atom. The smallest absolute Gasteiger partial charge is 0.412 e. The Balaban J connectivity index is 1.51. The van der Waals surface area contributed by atoms with Crippen molar-refractivity contribution >= 4 is 23.5 Å². The molecule has 0 aromatic carbocycles. The molecule has 0 bridgehead atoms. The number of hydrogen-bond acceptors (Lipinski definition) is 8. The van der Waals surface area contributed by atoms with E-state index in [2.05, 4.69) is 21.2 Å². The minimum absolute atomic E-state index is 0.0272. The first kappa shape index (κ1) is 26.8. The quantitative estimate of drug-likeness (QED) is 0.547. The zero-order valence-electron chi connectivity index (χ0n) is 22.7. The molecule has 0 radical (unpaired) electrons. The summed E-state index contributed by atoms with van der Waals surface area (Å²) < 4.78 is 0. The molecule has 2 saturated carbocycles. The van der Waals surface area contributed by atoms with E-state index in [0.29, 0.717) is 53.9 Å². The van der Waals surface area contributed by atoms with Crippen LogP contribution in [0.1, 0.15) is 70.1 Å². The number of rotatable bonds is 7. The van der Waals surface area contributed by atoms with Gasteiger partial charge in [-0.3, -0.25) is 9.69 Å². The number of aliphatic hydroxyl groups excluding tert-OH is 1. The summed E-state index contributed by atoms with van der Waals surface area (Å²) in [5.41, 5.74) is 2.15. The summed E-state index contributed by atoms with van der Waals surface area (Å²) in [7, 11) is 0. The zero-order chi connectivity index (χ0) is 27.9. The van der Waals surface area contributed by atoms with Gasteiger partial charge in [-0.05, 0) is 64.5 Å². The number of carbonyl (C=O) groups excluding carboxylic acids is 1. The van der Waals surface area contributed by atoms with Crippen molar-refractivity contribution < 1.29 is 19.8 Å². The van der Waals surface area contributed by atoms with Crippen LogP contribution in [-0.4, -0.2) is 80.1 Å². The minimum atomic E-state index is -1.09. The fourth-order valence-corrected chi connectivity index (χ4v) is 5.54. The number of aromatic nitrogens is 3. The number of amides is 2. The standard InChI is InChI=1S/C28H35N7O4/c1-28(2,3)35(27(38)39)20-13-22(32-30-15-20)21-12-19(14-29)26(31-25(21)18-6-7-18)33-9-10-34(24(37)8-11-36)23(16-33)17-4-5-17/h12-13,15,17-18,23,36H,4-11,16H2,1-3H3,(H,38,39). The highest BCUT2D eigenvalue weighted by molar-refractivity contribution is 5.88. The van der Waals surface area contributed by atoms with Crippen LogP contribution < -0.4 is 9.80 Å². The van der Waals surface area contributed by atoms with E-state index in [-0.39, 0.29) is 30.9 Å². The first-order chi connectivity index (χ1) is 18.6. The number of nitriles is 1.